The Hall–Kier alpha value is -0.260. The van der Waals surface area contributed by atoms with Crippen LogP contribution in [-0.4, -0.2) is 19.0 Å². The van der Waals surface area contributed by atoms with Gasteiger partial charge in [-0.2, -0.15) is 0 Å². The minimum absolute atomic E-state index is 0. The van der Waals surface area contributed by atoms with Gasteiger partial charge in [-0.05, 0) is 6.42 Å². The summed E-state index contributed by atoms with van der Waals surface area (Å²) in [5, 5.41) is 2.95. The van der Waals surface area contributed by atoms with Crippen LogP contribution in [0.3, 0.4) is 0 Å². The maximum atomic E-state index is 5.61. The maximum absolute atomic E-state index is 5.61. The lowest BCUT2D eigenvalue weighted by molar-refractivity contribution is 0.612. The highest BCUT2D eigenvalue weighted by molar-refractivity contribution is 14.0. The highest BCUT2D eigenvalue weighted by Crippen LogP contribution is 2.04. The molecule has 0 spiro atoms. The van der Waals surface area contributed by atoms with Crippen molar-refractivity contribution in [2.45, 2.75) is 45.4 Å². The Labute approximate surface area is 117 Å². The molecule has 3 nitrogen and oxygen atoms in total. The number of hydrogen-bond donors (Lipinski definition) is 2. The third-order valence-electron chi connectivity index (χ3n) is 2.22. The molecule has 0 aliphatic rings. The molecule has 0 saturated carbocycles. The van der Waals surface area contributed by atoms with Crippen LogP contribution in [0.15, 0.2) is 17.6 Å². The molecular formula is C12H26IN3. The monoisotopic (exact) mass is 339 g/mol. The van der Waals surface area contributed by atoms with Crippen LogP contribution < -0.4 is 11.1 Å². The minimum Gasteiger partial charge on any atom is -0.370 e. The molecule has 0 atom stereocenters. The molecule has 0 aliphatic carbocycles. The number of hydrogen-bond acceptors (Lipinski definition) is 1. The maximum Gasteiger partial charge on any atom is 0.188 e. The van der Waals surface area contributed by atoms with E-state index in [1.54, 1.807) is 6.08 Å². The zero-order valence-corrected chi connectivity index (χ0v) is 12.7. The third kappa shape index (κ3) is 13.7. The number of guanidine groups is 1. The molecule has 0 amide bonds. The van der Waals surface area contributed by atoms with Crippen LogP contribution in [0.25, 0.3) is 0 Å². The second kappa shape index (κ2) is 14.7. The molecule has 0 bridgehead atoms. The average molecular weight is 339 g/mol. The van der Waals surface area contributed by atoms with Gasteiger partial charge in [-0.25, -0.2) is 0 Å². The topological polar surface area (TPSA) is 50.4 Å². The molecule has 3 N–H and O–H groups in total. The smallest absolute Gasteiger partial charge is 0.188 e. The van der Waals surface area contributed by atoms with E-state index in [2.05, 4.69) is 23.8 Å². The molecule has 0 heterocycles. The van der Waals surface area contributed by atoms with Gasteiger partial charge < -0.3 is 11.1 Å². The Morgan fingerprint density at radius 2 is 1.88 bits per heavy atom. The fraction of sp³-hybridized carbons (Fsp3) is 0.750. The first-order valence-corrected chi connectivity index (χ1v) is 5.96. The lowest BCUT2D eigenvalue weighted by atomic mass is 10.1. The highest BCUT2D eigenvalue weighted by Gasteiger charge is 1.90. The van der Waals surface area contributed by atoms with E-state index >= 15 is 0 Å². The van der Waals surface area contributed by atoms with E-state index in [4.69, 9.17) is 5.73 Å². The van der Waals surface area contributed by atoms with E-state index in [1.165, 1.54) is 32.1 Å². The standard InChI is InChI=1S/C12H25N3.HI/c1-3-5-6-7-8-9-11-15-12(13)14-10-4-2;/h4H,2-3,5-11H2,1H3,(H3,13,14,15);1H. The summed E-state index contributed by atoms with van der Waals surface area (Å²) in [6, 6.07) is 0. The fourth-order valence-corrected chi connectivity index (χ4v) is 1.32. The zero-order valence-electron chi connectivity index (χ0n) is 10.4. The highest BCUT2D eigenvalue weighted by atomic mass is 127. The third-order valence-corrected chi connectivity index (χ3v) is 2.22. The van der Waals surface area contributed by atoms with Crippen LogP contribution in [0.4, 0.5) is 0 Å². The first kappa shape index (κ1) is 18.1. The predicted octanol–water partition coefficient (Wildman–Crippen LogP) is 3.06. The first-order valence-electron chi connectivity index (χ1n) is 5.96. The molecule has 16 heavy (non-hydrogen) atoms. The van der Waals surface area contributed by atoms with Gasteiger partial charge in [0.1, 0.15) is 0 Å². The van der Waals surface area contributed by atoms with Crippen molar-refractivity contribution in [3.8, 4) is 0 Å². The van der Waals surface area contributed by atoms with Crippen LogP contribution in [0, 0.1) is 0 Å². The van der Waals surface area contributed by atoms with Gasteiger partial charge in [0.15, 0.2) is 5.96 Å². The molecule has 0 rings (SSSR count). The fourth-order valence-electron chi connectivity index (χ4n) is 1.32. The van der Waals surface area contributed by atoms with Crippen LogP contribution in [0.2, 0.25) is 0 Å². The summed E-state index contributed by atoms with van der Waals surface area (Å²) in [5.74, 6) is 0.531. The zero-order chi connectivity index (χ0) is 11.4. The van der Waals surface area contributed by atoms with Crippen molar-refractivity contribution in [2.24, 2.45) is 10.7 Å². The van der Waals surface area contributed by atoms with Gasteiger partial charge in [-0.1, -0.05) is 45.1 Å². The SMILES string of the molecule is C=CCNC(N)=NCCCCCCCC.I. The molecule has 0 fully saturated rings. The van der Waals surface area contributed by atoms with E-state index in [9.17, 15) is 0 Å². The van der Waals surface area contributed by atoms with Crippen LogP contribution >= 0.6 is 24.0 Å². The molecule has 0 radical (unpaired) electrons. The van der Waals surface area contributed by atoms with Crippen molar-refractivity contribution in [3.05, 3.63) is 12.7 Å². The van der Waals surface area contributed by atoms with Crippen LogP contribution in [0.1, 0.15) is 45.4 Å². The molecule has 0 aromatic rings. The number of halogens is 1. The first-order chi connectivity index (χ1) is 7.31. The lowest BCUT2D eigenvalue weighted by Gasteiger charge is -2.02. The second-order valence-corrected chi connectivity index (χ2v) is 3.70. The Morgan fingerprint density at radius 1 is 1.25 bits per heavy atom. The largest absolute Gasteiger partial charge is 0.370 e. The van der Waals surface area contributed by atoms with Crippen molar-refractivity contribution >= 4 is 29.9 Å². The van der Waals surface area contributed by atoms with Gasteiger partial charge in [-0.15, -0.1) is 30.6 Å². The number of nitrogens with zero attached hydrogens (tertiary/aromatic N) is 1. The Morgan fingerprint density at radius 3 is 2.50 bits per heavy atom. The average Bonchev–Trinajstić information content (AvgIpc) is 2.25. The summed E-state index contributed by atoms with van der Waals surface area (Å²) < 4.78 is 0. The summed E-state index contributed by atoms with van der Waals surface area (Å²) in [5.41, 5.74) is 5.61. The predicted molar refractivity (Wildman–Crippen MR) is 83.5 cm³/mol. The molecule has 0 aromatic carbocycles. The molecule has 0 aromatic heterocycles. The van der Waals surface area contributed by atoms with Crippen LogP contribution in [-0.2, 0) is 0 Å². The quantitative estimate of drug-likeness (QED) is 0.223. The van der Waals surface area contributed by atoms with Crippen molar-refractivity contribution in [2.75, 3.05) is 13.1 Å². The summed E-state index contributed by atoms with van der Waals surface area (Å²) >= 11 is 0. The van der Waals surface area contributed by atoms with Crippen molar-refractivity contribution in [1.82, 2.24) is 5.32 Å². The van der Waals surface area contributed by atoms with E-state index < -0.39 is 0 Å². The van der Waals surface area contributed by atoms with Crippen LogP contribution in [0.5, 0.6) is 0 Å². The second-order valence-electron chi connectivity index (χ2n) is 3.70. The molecular weight excluding hydrogens is 313 g/mol. The van der Waals surface area contributed by atoms with Crippen molar-refractivity contribution in [3.63, 3.8) is 0 Å². The Bertz CT molecular complexity index is 181. The number of nitrogens with one attached hydrogen (secondary N) is 1. The Balaban J connectivity index is 0. The van der Waals surface area contributed by atoms with Crippen molar-refractivity contribution in [1.29, 1.82) is 0 Å². The molecule has 96 valence electrons. The number of nitrogens with two attached hydrogens (primary N) is 1. The normalized spacial score (nSPS) is 10.7. The summed E-state index contributed by atoms with van der Waals surface area (Å²) in [6.45, 7) is 7.35. The number of rotatable bonds is 9. The van der Waals surface area contributed by atoms with E-state index in [0.29, 0.717) is 12.5 Å². The number of unbranched alkanes of at least 4 members (excludes halogenated alkanes) is 5. The number of aliphatic imine (C=N–C) groups is 1. The lowest BCUT2D eigenvalue weighted by Crippen LogP contribution is -2.31. The van der Waals surface area contributed by atoms with Gasteiger partial charge in [-0.3, -0.25) is 4.99 Å². The summed E-state index contributed by atoms with van der Waals surface area (Å²) in [7, 11) is 0. The molecule has 4 heteroatoms. The van der Waals surface area contributed by atoms with Gasteiger partial charge in [0.05, 0.1) is 0 Å². The molecule has 0 aliphatic heterocycles. The molecule has 0 unspecified atom stereocenters. The minimum atomic E-state index is 0. The summed E-state index contributed by atoms with van der Waals surface area (Å²) in [6.07, 6.45) is 9.50. The molecule has 0 saturated heterocycles. The van der Waals surface area contributed by atoms with Crippen molar-refractivity contribution < 1.29 is 0 Å². The summed E-state index contributed by atoms with van der Waals surface area (Å²) in [4.78, 5) is 4.22. The Kier molecular flexibility index (Phi) is 16.7. The van der Waals surface area contributed by atoms with Gasteiger partial charge in [0, 0.05) is 13.1 Å². The van der Waals surface area contributed by atoms with Gasteiger partial charge >= 0.3 is 0 Å². The van der Waals surface area contributed by atoms with Gasteiger partial charge in [0.2, 0.25) is 0 Å². The van der Waals surface area contributed by atoms with E-state index in [-0.39, 0.29) is 24.0 Å². The van der Waals surface area contributed by atoms with Gasteiger partial charge in [0.25, 0.3) is 0 Å². The van der Waals surface area contributed by atoms with E-state index in [0.717, 1.165) is 13.0 Å². The van der Waals surface area contributed by atoms with E-state index in [1.807, 2.05) is 0 Å².